The molecule has 2 N–H and O–H groups in total. The first-order valence-electron chi connectivity index (χ1n) is 6.74. The van der Waals surface area contributed by atoms with Gasteiger partial charge in [-0.05, 0) is 42.5 Å². The van der Waals surface area contributed by atoms with Crippen LogP contribution in [0.25, 0.3) is 0 Å². The van der Waals surface area contributed by atoms with Crippen molar-refractivity contribution in [3.63, 3.8) is 0 Å². The average molecular weight is 264 g/mol. The van der Waals surface area contributed by atoms with Crippen LogP contribution in [0.2, 0.25) is 0 Å². The molecule has 3 nitrogen and oxygen atoms in total. The summed E-state index contributed by atoms with van der Waals surface area (Å²) < 4.78 is 0. The molecule has 0 bridgehead atoms. The van der Waals surface area contributed by atoms with Gasteiger partial charge in [-0.1, -0.05) is 6.42 Å². The van der Waals surface area contributed by atoms with E-state index in [9.17, 15) is 4.79 Å². The minimum absolute atomic E-state index is 0.204. The van der Waals surface area contributed by atoms with Crippen molar-refractivity contribution in [3.8, 4) is 0 Å². The van der Waals surface area contributed by atoms with Crippen molar-refractivity contribution in [2.24, 2.45) is 17.6 Å². The number of nitrogens with two attached hydrogens (primary N) is 1. The SMILES string of the molecule is Cc1cscc1C(=O)N1CC2CCCC(N)C2C1. The highest BCUT2D eigenvalue weighted by Gasteiger charge is 2.40. The molecule has 1 saturated carbocycles. The van der Waals surface area contributed by atoms with Crippen molar-refractivity contribution in [3.05, 3.63) is 21.9 Å². The fourth-order valence-electron chi connectivity index (χ4n) is 3.43. The van der Waals surface area contributed by atoms with Crippen LogP contribution in [0.3, 0.4) is 0 Å². The minimum atomic E-state index is 0.204. The zero-order valence-corrected chi connectivity index (χ0v) is 11.6. The number of rotatable bonds is 1. The first-order valence-corrected chi connectivity index (χ1v) is 7.68. The van der Waals surface area contributed by atoms with Gasteiger partial charge in [0.05, 0.1) is 5.56 Å². The second-order valence-electron chi connectivity index (χ2n) is 5.70. The van der Waals surface area contributed by atoms with Crippen LogP contribution in [0.15, 0.2) is 10.8 Å². The minimum Gasteiger partial charge on any atom is -0.338 e. The molecule has 2 fully saturated rings. The summed E-state index contributed by atoms with van der Waals surface area (Å²) in [7, 11) is 0. The Hall–Kier alpha value is -0.870. The Kier molecular flexibility index (Phi) is 3.16. The van der Waals surface area contributed by atoms with E-state index in [4.69, 9.17) is 5.73 Å². The fraction of sp³-hybridized carbons (Fsp3) is 0.643. The van der Waals surface area contributed by atoms with Gasteiger partial charge in [-0.2, -0.15) is 11.3 Å². The summed E-state index contributed by atoms with van der Waals surface area (Å²) in [6.07, 6.45) is 3.59. The van der Waals surface area contributed by atoms with E-state index in [1.54, 1.807) is 11.3 Å². The van der Waals surface area contributed by atoms with Crippen molar-refractivity contribution in [1.82, 2.24) is 4.90 Å². The Morgan fingerprint density at radius 1 is 1.39 bits per heavy atom. The molecule has 4 heteroatoms. The van der Waals surface area contributed by atoms with Crippen LogP contribution in [-0.4, -0.2) is 29.9 Å². The number of thiophene rings is 1. The van der Waals surface area contributed by atoms with Crippen LogP contribution in [-0.2, 0) is 0 Å². The number of aryl methyl sites for hydroxylation is 1. The molecule has 3 atom stereocenters. The molecule has 1 aliphatic carbocycles. The summed E-state index contributed by atoms with van der Waals surface area (Å²) in [5.74, 6) is 1.37. The summed E-state index contributed by atoms with van der Waals surface area (Å²) >= 11 is 1.61. The Labute approximate surface area is 112 Å². The zero-order valence-electron chi connectivity index (χ0n) is 10.8. The number of amides is 1. The number of fused-ring (bicyclic) bond motifs is 1. The quantitative estimate of drug-likeness (QED) is 0.845. The molecule has 0 radical (unpaired) electrons. The normalized spacial score (nSPS) is 31.4. The molecular weight excluding hydrogens is 244 g/mol. The van der Waals surface area contributed by atoms with Crippen LogP contribution in [0.1, 0.15) is 35.2 Å². The summed E-state index contributed by atoms with van der Waals surface area (Å²) in [4.78, 5) is 14.5. The number of carbonyl (C=O) groups excluding carboxylic acids is 1. The van der Waals surface area contributed by atoms with Gasteiger partial charge in [-0.15, -0.1) is 0 Å². The van der Waals surface area contributed by atoms with Crippen molar-refractivity contribution in [1.29, 1.82) is 0 Å². The fourth-order valence-corrected chi connectivity index (χ4v) is 4.25. The molecule has 1 aromatic rings. The Bertz CT molecular complexity index is 456. The standard InChI is InChI=1S/C14H20N2OS/c1-9-7-18-8-12(9)14(17)16-5-10-3-2-4-13(15)11(10)6-16/h7-8,10-11,13H,2-6,15H2,1H3. The summed E-state index contributed by atoms with van der Waals surface area (Å²) in [5.41, 5.74) is 8.18. The van der Waals surface area contributed by atoms with Gasteiger partial charge in [0.25, 0.3) is 5.91 Å². The lowest BCUT2D eigenvalue weighted by Crippen LogP contribution is -2.38. The highest BCUT2D eigenvalue weighted by atomic mass is 32.1. The lowest BCUT2D eigenvalue weighted by atomic mass is 9.78. The third-order valence-electron chi connectivity index (χ3n) is 4.53. The van der Waals surface area contributed by atoms with E-state index in [-0.39, 0.29) is 5.91 Å². The van der Waals surface area contributed by atoms with Gasteiger partial charge in [-0.25, -0.2) is 0 Å². The number of hydrogen-bond acceptors (Lipinski definition) is 3. The lowest BCUT2D eigenvalue weighted by Gasteiger charge is -2.29. The van der Waals surface area contributed by atoms with Crippen LogP contribution in [0, 0.1) is 18.8 Å². The molecule has 2 heterocycles. The first-order chi connectivity index (χ1) is 8.66. The second-order valence-corrected chi connectivity index (χ2v) is 6.44. The van der Waals surface area contributed by atoms with E-state index in [1.807, 2.05) is 22.6 Å². The van der Waals surface area contributed by atoms with Gasteiger partial charge in [-0.3, -0.25) is 4.79 Å². The summed E-state index contributed by atoms with van der Waals surface area (Å²) in [5, 5.41) is 4.02. The number of nitrogens with zero attached hydrogens (tertiary/aromatic N) is 1. The third kappa shape index (κ3) is 1.97. The van der Waals surface area contributed by atoms with E-state index < -0.39 is 0 Å². The molecule has 3 rings (SSSR count). The molecule has 1 aromatic heterocycles. The molecule has 3 unspecified atom stereocenters. The van der Waals surface area contributed by atoms with E-state index >= 15 is 0 Å². The summed E-state index contributed by atoms with van der Waals surface area (Å²) in [6.45, 7) is 3.78. The van der Waals surface area contributed by atoms with E-state index in [2.05, 4.69) is 0 Å². The molecule has 98 valence electrons. The molecule has 18 heavy (non-hydrogen) atoms. The van der Waals surface area contributed by atoms with Crippen molar-refractivity contribution >= 4 is 17.2 Å². The molecule has 1 aliphatic heterocycles. The van der Waals surface area contributed by atoms with Crippen molar-refractivity contribution in [2.45, 2.75) is 32.2 Å². The monoisotopic (exact) mass is 264 g/mol. The number of carbonyl (C=O) groups is 1. The molecule has 1 amide bonds. The van der Waals surface area contributed by atoms with Gasteiger partial charge in [0.2, 0.25) is 0 Å². The predicted octanol–water partition coefficient (Wildman–Crippen LogP) is 2.26. The average Bonchev–Trinajstić information content (AvgIpc) is 2.95. The second kappa shape index (κ2) is 4.67. The molecule has 0 aromatic carbocycles. The van der Waals surface area contributed by atoms with Gasteiger partial charge in [0.15, 0.2) is 0 Å². The smallest absolute Gasteiger partial charge is 0.254 e. The van der Waals surface area contributed by atoms with Crippen molar-refractivity contribution < 1.29 is 4.79 Å². The first kappa shape index (κ1) is 12.2. The van der Waals surface area contributed by atoms with Gasteiger partial charge >= 0.3 is 0 Å². The number of likely N-dealkylation sites (tertiary alicyclic amines) is 1. The third-order valence-corrected chi connectivity index (χ3v) is 5.39. The Balaban J connectivity index is 1.75. The molecule has 0 spiro atoms. The predicted molar refractivity (Wildman–Crippen MR) is 73.8 cm³/mol. The Morgan fingerprint density at radius 3 is 2.89 bits per heavy atom. The van der Waals surface area contributed by atoms with Crippen LogP contribution >= 0.6 is 11.3 Å². The van der Waals surface area contributed by atoms with Crippen LogP contribution in [0.4, 0.5) is 0 Å². The zero-order chi connectivity index (χ0) is 12.7. The Morgan fingerprint density at radius 2 is 2.22 bits per heavy atom. The van der Waals surface area contributed by atoms with Crippen LogP contribution < -0.4 is 5.73 Å². The van der Waals surface area contributed by atoms with E-state index in [0.717, 1.165) is 30.6 Å². The van der Waals surface area contributed by atoms with E-state index in [0.29, 0.717) is 17.9 Å². The largest absolute Gasteiger partial charge is 0.338 e. The van der Waals surface area contributed by atoms with Crippen LogP contribution in [0.5, 0.6) is 0 Å². The summed E-state index contributed by atoms with van der Waals surface area (Å²) in [6, 6.07) is 0.296. The maximum Gasteiger partial charge on any atom is 0.254 e. The molecule has 1 saturated heterocycles. The van der Waals surface area contributed by atoms with Gasteiger partial charge in [0.1, 0.15) is 0 Å². The lowest BCUT2D eigenvalue weighted by molar-refractivity contribution is 0.0783. The maximum atomic E-state index is 12.5. The maximum absolute atomic E-state index is 12.5. The molecular formula is C14H20N2OS. The highest BCUT2D eigenvalue weighted by molar-refractivity contribution is 7.08. The topological polar surface area (TPSA) is 46.3 Å². The molecule has 2 aliphatic rings. The highest BCUT2D eigenvalue weighted by Crippen LogP contribution is 2.36. The van der Waals surface area contributed by atoms with Gasteiger partial charge in [0, 0.05) is 24.5 Å². The van der Waals surface area contributed by atoms with Gasteiger partial charge < -0.3 is 10.6 Å². The van der Waals surface area contributed by atoms with Crippen molar-refractivity contribution in [2.75, 3.05) is 13.1 Å². The number of hydrogen-bond donors (Lipinski definition) is 1. The van der Waals surface area contributed by atoms with E-state index in [1.165, 1.54) is 12.8 Å².